The number of carbonyl (C=O) groups excluding carboxylic acids is 1. The number of aromatic nitrogens is 1. The molecule has 0 aliphatic heterocycles. The number of sulfone groups is 1. The molecule has 20 heavy (non-hydrogen) atoms. The van der Waals surface area contributed by atoms with Gasteiger partial charge in [0, 0.05) is 18.2 Å². The third-order valence-electron chi connectivity index (χ3n) is 3.03. The molecule has 2 aromatic rings. The topological polar surface area (TPSA) is 79.0 Å². The Labute approximate surface area is 116 Å². The maximum absolute atomic E-state index is 13.6. The molecule has 0 bridgehead atoms. The number of amides is 1. The summed E-state index contributed by atoms with van der Waals surface area (Å²) in [6.45, 7) is 1.73. The molecule has 1 heterocycles. The fourth-order valence-corrected chi connectivity index (χ4v) is 2.46. The number of rotatable bonds is 4. The summed E-state index contributed by atoms with van der Waals surface area (Å²) in [5.41, 5.74) is 1.16. The predicted molar refractivity (Wildman–Crippen MR) is 75.0 cm³/mol. The number of halogens is 1. The molecule has 0 saturated carbocycles. The number of aryl methyl sites for hydroxylation is 1. The highest BCUT2D eigenvalue weighted by Gasteiger charge is 2.16. The van der Waals surface area contributed by atoms with Crippen LogP contribution in [0.3, 0.4) is 0 Å². The molecular weight excluding hydrogens is 283 g/mol. The van der Waals surface area contributed by atoms with Crippen molar-refractivity contribution in [3.63, 3.8) is 0 Å². The van der Waals surface area contributed by atoms with Crippen LogP contribution in [-0.4, -0.2) is 37.9 Å². The van der Waals surface area contributed by atoms with E-state index in [4.69, 9.17) is 0 Å². The van der Waals surface area contributed by atoms with Gasteiger partial charge < -0.3 is 10.3 Å². The SMILES string of the molecule is Cc1c(C(=O)NCCS(C)(=O)=O)[nH]c2c(F)cccc12. The van der Waals surface area contributed by atoms with Crippen molar-refractivity contribution in [3.8, 4) is 0 Å². The normalized spacial score (nSPS) is 11.8. The van der Waals surface area contributed by atoms with Gasteiger partial charge in [-0.2, -0.15) is 0 Å². The standard InChI is InChI=1S/C13H15FN2O3S/c1-8-9-4-3-5-10(14)12(9)16-11(8)13(17)15-6-7-20(2,18)19/h3-5,16H,6-7H2,1-2H3,(H,15,17). The fraction of sp³-hybridized carbons (Fsp3) is 0.308. The predicted octanol–water partition coefficient (Wildman–Crippen LogP) is 1.39. The van der Waals surface area contributed by atoms with E-state index in [0.29, 0.717) is 10.9 Å². The molecule has 1 aromatic carbocycles. The van der Waals surface area contributed by atoms with Crippen LogP contribution in [0.2, 0.25) is 0 Å². The third kappa shape index (κ3) is 2.98. The molecule has 0 saturated heterocycles. The number of benzene rings is 1. The second-order valence-electron chi connectivity index (χ2n) is 4.67. The van der Waals surface area contributed by atoms with Gasteiger partial charge in [0.05, 0.1) is 11.3 Å². The summed E-state index contributed by atoms with van der Waals surface area (Å²) in [6, 6.07) is 4.60. The first-order chi connectivity index (χ1) is 9.29. The Morgan fingerprint density at radius 2 is 2.10 bits per heavy atom. The van der Waals surface area contributed by atoms with Crippen LogP contribution in [0.1, 0.15) is 16.1 Å². The minimum absolute atomic E-state index is 0.0228. The summed E-state index contributed by atoms with van der Waals surface area (Å²) in [7, 11) is -3.13. The van der Waals surface area contributed by atoms with Gasteiger partial charge >= 0.3 is 0 Å². The van der Waals surface area contributed by atoms with E-state index < -0.39 is 21.6 Å². The fourth-order valence-electron chi connectivity index (χ4n) is 1.98. The molecule has 0 aliphatic carbocycles. The summed E-state index contributed by atoms with van der Waals surface area (Å²) in [5, 5.41) is 3.14. The van der Waals surface area contributed by atoms with E-state index in [2.05, 4.69) is 10.3 Å². The molecule has 2 rings (SSSR count). The number of H-pyrrole nitrogens is 1. The lowest BCUT2D eigenvalue weighted by molar-refractivity contribution is 0.0951. The van der Waals surface area contributed by atoms with Gasteiger partial charge in [0.1, 0.15) is 21.3 Å². The quantitative estimate of drug-likeness (QED) is 0.895. The van der Waals surface area contributed by atoms with Crippen molar-refractivity contribution in [1.82, 2.24) is 10.3 Å². The third-order valence-corrected chi connectivity index (χ3v) is 3.97. The second-order valence-corrected chi connectivity index (χ2v) is 6.93. The molecule has 0 spiro atoms. The Balaban J connectivity index is 2.23. The van der Waals surface area contributed by atoms with Crippen molar-refractivity contribution in [3.05, 3.63) is 35.3 Å². The Bertz CT molecular complexity index is 765. The zero-order chi connectivity index (χ0) is 14.9. The molecule has 0 radical (unpaired) electrons. The van der Waals surface area contributed by atoms with E-state index in [1.165, 1.54) is 6.07 Å². The van der Waals surface area contributed by atoms with Crippen LogP contribution in [0, 0.1) is 12.7 Å². The Kier molecular flexibility index (Phi) is 3.80. The summed E-state index contributed by atoms with van der Waals surface area (Å²) >= 11 is 0. The van der Waals surface area contributed by atoms with Gasteiger partial charge in [0.15, 0.2) is 0 Å². The maximum Gasteiger partial charge on any atom is 0.268 e. The summed E-state index contributed by atoms with van der Waals surface area (Å²) in [4.78, 5) is 14.7. The zero-order valence-electron chi connectivity index (χ0n) is 11.2. The number of para-hydroxylation sites is 1. The second kappa shape index (κ2) is 5.24. The first kappa shape index (κ1) is 14.5. The van der Waals surface area contributed by atoms with Crippen molar-refractivity contribution in [1.29, 1.82) is 0 Å². The van der Waals surface area contributed by atoms with Crippen LogP contribution >= 0.6 is 0 Å². The van der Waals surface area contributed by atoms with Gasteiger partial charge in [-0.25, -0.2) is 12.8 Å². The van der Waals surface area contributed by atoms with Gasteiger partial charge in [-0.05, 0) is 18.6 Å². The van der Waals surface area contributed by atoms with Crippen molar-refractivity contribution in [2.75, 3.05) is 18.6 Å². The average Bonchev–Trinajstić information content (AvgIpc) is 2.67. The van der Waals surface area contributed by atoms with E-state index in [-0.39, 0.29) is 23.5 Å². The highest BCUT2D eigenvalue weighted by atomic mass is 32.2. The van der Waals surface area contributed by atoms with E-state index in [0.717, 1.165) is 6.26 Å². The zero-order valence-corrected chi connectivity index (χ0v) is 12.0. The lowest BCUT2D eigenvalue weighted by atomic mass is 10.1. The first-order valence-electron chi connectivity index (χ1n) is 6.02. The molecule has 0 fully saturated rings. The lowest BCUT2D eigenvalue weighted by Crippen LogP contribution is -2.29. The number of hydrogen-bond acceptors (Lipinski definition) is 3. The minimum atomic E-state index is -3.13. The maximum atomic E-state index is 13.6. The van der Waals surface area contributed by atoms with Crippen LogP contribution in [0.4, 0.5) is 4.39 Å². The van der Waals surface area contributed by atoms with Crippen LogP contribution < -0.4 is 5.32 Å². The van der Waals surface area contributed by atoms with Crippen molar-refractivity contribution in [2.24, 2.45) is 0 Å². The van der Waals surface area contributed by atoms with Gasteiger partial charge in [-0.1, -0.05) is 12.1 Å². The molecule has 0 aliphatic rings. The van der Waals surface area contributed by atoms with E-state index in [1.807, 2.05) is 0 Å². The molecule has 0 unspecified atom stereocenters. The number of hydrogen-bond donors (Lipinski definition) is 2. The van der Waals surface area contributed by atoms with Gasteiger partial charge in [0.25, 0.3) is 5.91 Å². The monoisotopic (exact) mass is 298 g/mol. The Morgan fingerprint density at radius 3 is 2.70 bits per heavy atom. The molecule has 7 heteroatoms. The van der Waals surface area contributed by atoms with Crippen LogP contribution in [-0.2, 0) is 9.84 Å². The van der Waals surface area contributed by atoms with Crippen LogP contribution in [0.25, 0.3) is 10.9 Å². The summed E-state index contributed by atoms with van der Waals surface area (Å²) < 4.78 is 35.6. The molecule has 0 atom stereocenters. The molecule has 2 N–H and O–H groups in total. The molecule has 108 valence electrons. The van der Waals surface area contributed by atoms with E-state index >= 15 is 0 Å². The highest BCUT2D eigenvalue weighted by Crippen LogP contribution is 2.23. The Morgan fingerprint density at radius 1 is 1.40 bits per heavy atom. The molecule has 1 aromatic heterocycles. The number of aromatic amines is 1. The van der Waals surface area contributed by atoms with Crippen LogP contribution in [0.5, 0.6) is 0 Å². The van der Waals surface area contributed by atoms with Gasteiger partial charge in [0.2, 0.25) is 0 Å². The Hall–Kier alpha value is -1.89. The molecule has 1 amide bonds. The van der Waals surface area contributed by atoms with Crippen LogP contribution in [0.15, 0.2) is 18.2 Å². The summed E-state index contributed by atoms with van der Waals surface area (Å²) in [5.74, 6) is -1.01. The van der Waals surface area contributed by atoms with E-state index in [9.17, 15) is 17.6 Å². The average molecular weight is 298 g/mol. The van der Waals surface area contributed by atoms with Crippen molar-refractivity contribution >= 4 is 26.6 Å². The summed E-state index contributed by atoms with van der Waals surface area (Å²) in [6.07, 6.45) is 1.10. The largest absolute Gasteiger partial charge is 0.350 e. The first-order valence-corrected chi connectivity index (χ1v) is 8.08. The number of fused-ring (bicyclic) bond motifs is 1. The minimum Gasteiger partial charge on any atom is -0.350 e. The smallest absolute Gasteiger partial charge is 0.268 e. The molecular formula is C13H15FN2O3S. The van der Waals surface area contributed by atoms with Gasteiger partial charge in [-0.15, -0.1) is 0 Å². The lowest BCUT2D eigenvalue weighted by Gasteiger charge is -2.03. The molecule has 5 nitrogen and oxygen atoms in total. The highest BCUT2D eigenvalue weighted by molar-refractivity contribution is 7.90. The van der Waals surface area contributed by atoms with E-state index in [1.54, 1.807) is 19.1 Å². The van der Waals surface area contributed by atoms with Gasteiger partial charge in [-0.3, -0.25) is 4.79 Å². The number of nitrogens with one attached hydrogen (secondary N) is 2. The number of carbonyl (C=O) groups is 1. The van der Waals surface area contributed by atoms with Crippen molar-refractivity contribution in [2.45, 2.75) is 6.92 Å². The van der Waals surface area contributed by atoms with Crippen molar-refractivity contribution < 1.29 is 17.6 Å².